The number of carbonyl (C=O) groups is 1. The number of hydrogen-bond acceptors (Lipinski definition) is 4. The molecule has 1 aromatic rings. The third-order valence-corrected chi connectivity index (χ3v) is 6.84. The van der Waals surface area contributed by atoms with Gasteiger partial charge in [-0.05, 0) is 67.9 Å². The van der Waals surface area contributed by atoms with Crippen LogP contribution in [0.3, 0.4) is 0 Å². The average Bonchev–Trinajstić information content (AvgIpc) is 2.44. The Bertz CT molecular complexity index is 673. The van der Waals surface area contributed by atoms with Crippen LogP contribution in [0.1, 0.15) is 44.9 Å². The van der Waals surface area contributed by atoms with Crippen molar-refractivity contribution in [3.8, 4) is 5.75 Å². The van der Waals surface area contributed by atoms with Gasteiger partial charge in [0.1, 0.15) is 5.75 Å². The molecule has 0 radical (unpaired) electrons. The molecule has 0 spiro atoms. The first kappa shape index (κ1) is 16.1. The van der Waals surface area contributed by atoms with Crippen LogP contribution in [-0.4, -0.2) is 15.2 Å². The monoisotopic (exact) mass is 393 g/mol. The topological polar surface area (TPSA) is 69.4 Å². The summed E-state index contributed by atoms with van der Waals surface area (Å²) in [5.41, 5.74) is 0.0722. The number of carbonyl (C=O) groups excluding carboxylic acids is 1. The second-order valence-electron chi connectivity index (χ2n) is 8.01. The molecule has 4 aliphatic rings. The Labute approximate surface area is 149 Å². The highest BCUT2D eigenvalue weighted by Gasteiger charge is 2.57. The normalized spacial score (nSPS) is 36.5. The number of alkyl halides is 1. The fourth-order valence-corrected chi connectivity index (χ4v) is 7.16. The first-order chi connectivity index (χ1) is 11.3. The van der Waals surface area contributed by atoms with Gasteiger partial charge in [-0.15, -0.1) is 0 Å². The summed E-state index contributed by atoms with van der Waals surface area (Å²) in [6.45, 7) is 0. The minimum absolute atomic E-state index is 0.00267. The molecule has 0 aliphatic heterocycles. The quantitative estimate of drug-likeness (QED) is 0.246. The number of ether oxygens (including phenoxy) is 1. The number of benzene rings is 1. The third-order valence-electron chi connectivity index (χ3n) is 5.91. The molecular weight excluding hydrogens is 374 g/mol. The van der Waals surface area contributed by atoms with E-state index in [-0.39, 0.29) is 21.4 Å². The molecular formula is C18H20BrNO4. The molecule has 24 heavy (non-hydrogen) atoms. The van der Waals surface area contributed by atoms with Gasteiger partial charge in [0.2, 0.25) is 0 Å². The standard InChI is InChI=1S/C18H20BrNO4/c19-18-8-12-5-13(9-18)7-17(6-12,11-18)10-16(21)24-15-3-1-14(2-4-15)20(22)23/h1-4,12-13H,5-11H2/t12-,13+,17?,18?. The van der Waals surface area contributed by atoms with Crippen molar-refractivity contribution in [2.45, 2.75) is 49.3 Å². The zero-order chi connectivity index (χ0) is 16.9. The predicted molar refractivity (Wildman–Crippen MR) is 92.1 cm³/mol. The van der Waals surface area contributed by atoms with Crippen LogP contribution in [0.2, 0.25) is 0 Å². The van der Waals surface area contributed by atoms with Crippen LogP contribution >= 0.6 is 15.9 Å². The lowest BCUT2D eigenvalue weighted by Gasteiger charge is -2.60. The highest BCUT2D eigenvalue weighted by Crippen LogP contribution is 2.65. The lowest BCUT2D eigenvalue weighted by Crippen LogP contribution is -2.53. The van der Waals surface area contributed by atoms with E-state index in [9.17, 15) is 14.9 Å². The summed E-state index contributed by atoms with van der Waals surface area (Å²) >= 11 is 3.95. The molecule has 4 aliphatic carbocycles. The Morgan fingerprint density at radius 2 is 1.83 bits per heavy atom. The van der Waals surface area contributed by atoms with Crippen LogP contribution in [-0.2, 0) is 4.79 Å². The predicted octanol–water partition coefficient (Wildman–Crippen LogP) is 4.62. The van der Waals surface area contributed by atoms with Crippen LogP contribution in [0, 0.1) is 27.4 Å². The highest BCUT2D eigenvalue weighted by atomic mass is 79.9. The van der Waals surface area contributed by atoms with Gasteiger partial charge in [0, 0.05) is 16.5 Å². The second kappa shape index (κ2) is 5.55. The van der Waals surface area contributed by atoms with Crippen molar-refractivity contribution in [1.82, 2.24) is 0 Å². The summed E-state index contributed by atoms with van der Waals surface area (Å²) in [7, 11) is 0. The number of non-ortho nitro benzene ring substituents is 1. The molecule has 2 unspecified atom stereocenters. The van der Waals surface area contributed by atoms with Crippen LogP contribution in [0.5, 0.6) is 5.75 Å². The van der Waals surface area contributed by atoms with E-state index in [0.29, 0.717) is 12.2 Å². The lowest BCUT2D eigenvalue weighted by molar-refractivity contribution is -0.384. The SMILES string of the molecule is O=C(CC12C[C@@H]3C[C@@H](CC(Br)(C3)C1)C2)Oc1ccc([N+](=O)[O-])cc1. The third kappa shape index (κ3) is 2.96. The van der Waals surface area contributed by atoms with E-state index in [2.05, 4.69) is 15.9 Å². The van der Waals surface area contributed by atoms with E-state index >= 15 is 0 Å². The van der Waals surface area contributed by atoms with E-state index in [1.54, 1.807) is 0 Å². The molecule has 1 aromatic carbocycles. The maximum Gasteiger partial charge on any atom is 0.311 e. The number of nitrogens with zero attached hydrogens (tertiary/aromatic N) is 1. The molecule has 128 valence electrons. The number of halogens is 1. The van der Waals surface area contributed by atoms with Gasteiger partial charge in [0.25, 0.3) is 5.69 Å². The summed E-state index contributed by atoms with van der Waals surface area (Å²) in [5, 5.41) is 10.7. The highest BCUT2D eigenvalue weighted by molar-refractivity contribution is 9.10. The van der Waals surface area contributed by atoms with Gasteiger partial charge in [-0.3, -0.25) is 14.9 Å². The van der Waals surface area contributed by atoms with Crippen molar-refractivity contribution in [2.75, 3.05) is 0 Å². The minimum atomic E-state index is -0.462. The summed E-state index contributed by atoms with van der Waals surface area (Å²) in [5.74, 6) is 1.63. The van der Waals surface area contributed by atoms with Gasteiger partial charge in [0.15, 0.2) is 0 Å². The van der Waals surface area contributed by atoms with E-state index in [1.807, 2.05) is 0 Å². The van der Waals surface area contributed by atoms with Crippen molar-refractivity contribution >= 4 is 27.6 Å². The fourth-order valence-electron chi connectivity index (χ4n) is 5.65. The molecule has 4 bridgehead atoms. The number of nitro benzene ring substituents is 1. The number of esters is 1. The van der Waals surface area contributed by atoms with Gasteiger partial charge in [-0.2, -0.15) is 0 Å². The number of nitro groups is 1. The smallest absolute Gasteiger partial charge is 0.311 e. The molecule has 6 heteroatoms. The fraction of sp³-hybridized carbons (Fsp3) is 0.611. The van der Waals surface area contributed by atoms with E-state index < -0.39 is 4.92 Å². The van der Waals surface area contributed by atoms with Crippen molar-refractivity contribution in [3.63, 3.8) is 0 Å². The average molecular weight is 394 g/mol. The molecule has 5 nitrogen and oxygen atoms in total. The van der Waals surface area contributed by atoms with Crippen molar-refractivity contribution < 1.29 is 14.5 Å². The van der Waals surface area contributed by atoms with E-state index in [1.165, 1.54) is 43.5 Å². The van der Waals surface area contributed by atoms with E-state index in [4.69, 9.17) is 4.74 Å². The summed E-state index contributed by atoms with van der Waals surface area (Å²) in [4.78, 5) is 22.7. The molecule has 0 saturated heterocycles. The maximum atomic E-state index is 12.4. The molecule has 0 N–H and O–H groups in total. The zero-order valence-corrected chi connectivity index (χ0v) is 15.0. The molecule has 4 atom stereocenters. The minimum Gasteiger partial charge on any atom is -0.427 e. The summed E-state index contributed by atoms with van der Waals surface area (Å²) < 4.78 is 5.67. The zero-order valence-electron chi connectivity index (χ0n) is 13.4. The Morgan fingerprint density at radius 3 is 2.38 bits per heavy atom. The first-order valence-corrected chi connectivity index (χ1v) is 9.28. The maximum absolute atomic E-state index is 12.4. The Balaban J connectivity index is 1.43. The lowest BCUT2D eigenvalue weighted by atomic mass is 9.49. The van der Waals surface area contributed by atoms with E-state index in [0.717, 1.165) is 31.1 Å². The van der Waals surface area contributed by atoms with Gasteiger partial charge < -0.3 is 4.74 Å². The summed E-state index contributed by atoms with van der Waals surface area (Å²) in [6, 6.07) is 5.70. The largest absolute Gasteiger partial charge is 0.427 e. The van der Waals surface area contributed by atoms with Crippen molar-refractivity contribution in [3.05, 3.63) is 34.4 Å². The molecule has 0 aromatic heterocycles. The van der Waals surface area contributed by atoms with Crippen LogP contribution in [0.4, 0.5) is 5.69 Å². The number of hydrogen-bond donors (Lipinski definition) is 0. The number of rotatable bonds is 4. The van der Waals surface area contributed by atoms with Crippen LogP contribution < -0.4 is 4.74 Å². The molecule has 5 rings (SSSR count). The van der Waals surface area contributed by atoms with Gasteiger partial charge in [-0.25, -0.2) is 0 Å². The van der Waals surface area contributed by atoms with Crippen molar-refractivity contribution in [2.24, 2.45) is 17.3 Å². The Hall–Kier alpha value is -1.43. The second-order valence-corrected chi connectivity index (χ2v) is 9.70. The Morgan fingerprint density at radius 1 is 1.21 bits per heavy atom. The van der Waals surface area contributed by atoms with Gasteiger partial charge in [-0.1, -0.05) is 15.9 Å². The first-order valence-electron chi connectivity index (χ1n) is 8.49. The molecule has 0 heterocycles. The van der Waals surface area contributed by atoms with Crippen molar-refractivity contribution in [1.29, 1.82) is 0 Å². The van der Waals surface area contributed by atoms with Crippen LogP contribution in [0.25, 0.3) is 0 Å². The Kier molecular flexibility index (Phi) is 3.71. The van der Waals surface area contributed by atoms with Gasteiger partial charge >= 0.3 is 5.97 Å². The molecule has 0 amide bonds. The molecule has 4 fully saturated rings. The molecule has 4 saturated carbocycles. The van der Waals surface area contributed by atoms with Gasteiger partial charge in [0.05, 0.1) is 11.3 Å². The van der Waals surface area contributed by atoms with Crippen LogP contribution in [0.15, 0.2) is 24.3 Å². The summed E-state index contributed by atoms with van der Waals surface area (Å²) in [6.07, 6.45) is 7.56.